The predicted octanol–water partition coefficient (Wildman–Crippen LogP) is 4.11. The molecule has 0 amide bonds. The fraction of sp³-hybridized carbons (Fsp3) is 0.333. The molecule has 1 N–H and O–H groups in total. The summed E-state index contributed by atoms with van der Waals surface area (Å²) in [5.41, 5.74) is 2.59. The van der Waals surface area contributed by atoms with Crippen LogP contribution in [-0.4, -0.2) is 6.04 Å². The van der Waals surface area contributed by atoms with Crippen molar-refractivity contribution >= 4 is 0 Å². The van der Waals surface area contributed by atoms with Crippen molar-refractivity contribution in [1.29, 1.82) is 0 Å². The highest BCUT2D eigenvalue weighted by molar-refractivity contribution is 5.27. The van der Waals surface area contributed by atoms with Gasteiger partial charge in [-0.2, -0.15) is 0 Å². The molecule has 3 atom stereocenters. The van der Waals surface area contributed by atoms with Gasteiger partial charge in [-0.15, -0.1) is 0 Å². The Bertz CT molecular complexity index is 549. The second-order valence-corrected chi connectivity index (χ2v) is 5.71. The van der Waals surface area contributed by atoms with Gasteiger partial charge in [0.1, 0.15) is 5.82 Å². The standard InChI is InChI=1S/C18H20FN/c1-13(20-12-14-5-3-2-4-6-14)17-11-18(17)15-7-9-16(19)10-8-15/h2-10,13,17-18,20H,11-12H2,1H3/t13-,17+,18+/m0/s1. The summed E-state index contributed by atoms with van der Waals surface area (Å²) >= 11 is 0. The van der Waals surface area contributed by atoms with E-state index in [0.29, 0.717) is 17.9 Å². The van der Waals surface area contributed by atoms with Crippen LogP contribution < -0.4 is 5.32 Å². The molecule has 0 heterocycles. The van der Waals surface area contributed by atoms with E-state index in [1.807, 2.05) is 18.2 Å². The Morgan fingerprint density at radius 3 is 2.50 bits per heavy atom. The van der Waals surface area contributed by atoms with Crippen molar-refractivity contribution in [2.45, 2.75) is 31.8 Å². The molecule has 0 aromatic heterocycles. The first-order chi connectivity index (χ1) is 9.74. The van der Waals surface area contributed by atoms with Crippen molar-refractivity contribution in [2.75, 3.05) is 0 Å². The zero-order valence-electron chi connectivity index (χ0n) is 11.7. The lowest BCUT2D eigenvalue weighted by Gasteiger charge is -2.14. The topological polar surface area (TPSA) is 12.0 Å². The molecule has 104 valence electrons. The third-order valence-corrected chi connectivity index (χ3v) is 4.25. The van der Waals surface area contributed by atoms with Crippen LogP contribution in [0.15, 0.2) is 54.6 Å². The third-order valence-electron chi connectivity index (χ3n) is 4.25. The van der Waals surface area contributed by atoms with Gasteiger partial charge in [0, 0.05) is 12.6 Å². The van der Waals surface area contributed by atoms with E-state index in [-0.39, 0.29) is 5.82 Å². The van der Waals surface area contributed by atoms with E-state index in [9.17, 15) is 4.39 Å². The van der Waals surface area contributed by atoms with Crippen LogP contribution in [0.4, 0.5) is 4.39 Å². The number of rotatable bonds is 5. The molecule has 3 rings (SSSR count). The zero-order chi connectivity index (χ0) is 13.9. The lowest BCUT2D eigenvalue weighted by Crippen LogP contribution is -2.27. The number of hydrogen-bond donors (Lipinski definition) is 1. The Balaban J connectivity index is 1.52. The van der Waals surface area contributed by atoms with Gasteiger partial charge in [0.25, 0.3) is 0 Å². The summed E-state index contributed by atoms with van der Waals surface area (Å²) in [5.74, 6) is 1.11. The molecule has 0 aliphatic heterocycles. The smallest absolute Gasteiger partial charge is 0.123 e. The van der Waals surface area contributed by atoms with Crippen LogP contribution >= 0.6 is 0 Å². The van der Waals surface area contributed by atoms with Gasteiger partial charge >= 0.3 is 0 Å². The highest BCUT2D eigenvalue weighted by Gasteiger charge is 2.41. The fourth-order valence-electron chi connectivity index (χ4n) is 2.89. The minimum atomic E-state index is -0.152. The van der Waals surface area contributed by atoms with E-state index < -0.39 is 0 Å². The monoisotopic (exact) mass is 269 g/mol. The molecule has 0 spiro atoms. The second-order valence-electron chi connectivity index (χ2n) is 5.71. The SMILES string of the molecule is C[C@H](NCc1ccccc1)[C@H]1C[C@@H]1c1ccc(F)cc1. The van der Waals surface area contributed by atoms with E-state index in [1.165, 1.54) is 17.5 Å². The van der Waals surface area contributed by atoms with Crippen LogP contribution in [0.25, 0.3) is 0 Å². The average molecular weight is 269 g/mol. The molecular weight excluding hydrogens is 249 g/mol. The molecule has 20 heavy (non-hydrogen) atoms. The van der Waals surface area contributed by atoms with Crippen LogP contribution in [0.3, 0.4) is 0 Å². The molecule has 0 saturated heterocycles. The first-order valence-corrected chi connectivity index (χ1v) is 7.27. The quantitative estimate of drug-likeness (QED) is 0.861. The molecule has 0 bridgehead atoms. The third kappa shape index (κ3) is 3.07. The maximum absolute atomic E-state index is 12.9. The lowest BCUT2D eigenvalue weighted by atomic mass is 10.1. The summed E-state index contributed by atoms with van der Waals surface area (Å²) in [4.78, 5) is 0. The van der Waals surface area contributed by atoms with Crippen LogP contribution in [0, 0.1) is 11.7 Å². The molecular formula is C18H20FN. The molecule has 0 radical (unpaired) electrons. The average Bonchev–Trinajstić information content (AvgIpc) is 3.27. The fourth-order valence-corrected chi connectivity index (χ4v) is 2.89. The van der Waals surface area contributed by atoms with Crippen molar-refractivity contribution in [2.24, 2.45) is 5.92 Å². The predicted molar refractivity (Wildman–Crippen MR) is 80.0 cm³/mol. The Morgan fingerprint density at radius 2 is 1.80 bits per heavy atom. The number of benzene rings is 2. The minimum Gasteiger partial charge on any atom is -0.310 e. The van der Waals surface area contributed by atoms with Gasteiger partial charge in [-0.3, -0.25) is 0 Å². The van der Waals surface area contributed by atoms with Crippen LogP contribution in [-0.2, 0) is 6.54 Å². The Labute approximate surface area is 119 Å². The molecule has 1 aliphatic carbocycles. The molecule has 2 aromatic carbocycles. The number of nitrogens with one attached hydrogen (secondary N) is 1. The second kappa shape index (κ2) is 5.76. The molecule has 2 heteroatoms. The Kier molecular flexibility index (Phi) is 3.83. The molecule has 2 aromatic rings. The summed E-state index contributed by atoms with van der Waals surface area (Å²) in [6, 6.07) is 17.9. The Hall–Kier alpha value is -1.67. The van der Waals surface area contributed by atoms with Gasteiger partial charge in [0.15, 0.2) is 0 Å². The van der Waals surface area contributed by atoms with Crippen LogP contribution in [0.2, 0.25) is 0 Å². The molecule has 0 unspecified atom stereocenters. The maximum atomic E-state index is 12.9. The van der Waals surface area contributed by atoms with Crippen molar-refractivity contribution in [3.63, 3.8) is 0 Å². The normalized spacial score (nSPS) is 22.5. The van der Waals surface area contributed by atoms with E-state index in [2.05, 4.69) is 36.5 Å². The summed E-state index contributed by atoms with van der Waals surface area (Å²) < 4.78 is 12.9. The van der Waals surface area contributed by atoms with Crippen LogP contribution in [0.5, 0.6) is 0 Å². The van der Waals surface area contributed by atoms with E-state index in [0.717, 1.165) is 6.54 Å². The first-order valence-electron chi connectivity index (χ1n) is 7.27. The zero-order valence-corrected chi connectivity index (χ0v) is 11.7. The summed E-state index contributed by atoms with van der Waals surface area (Å²) in [6.07, 6.45) is 1.20. The van der Waals surface area contributed by atoms with Gasteiger partial charge in [-0.25, -0.2) is 4.39 Å². The van der Waals surface area contributed by atoms with Gasteiger partial charge in [0.2, 0.25) is 0 Å². The highest BCUT2D eigenvalue weighted by Crippen LogP contribution is 2.49. The maximum Gasteiger partial charge on any atom is 0.123 e. The van der Waals surface area contributed by atoms with Crippen molar-refractivity contribution in [3.8, 4) is 0 Å². The first kappa shape index (κ1) is 13.3. The van der Waals surface area contributed by atoms with Crippen LogP contribution in [0.1, 0.15) is 30.4 Å². The van der Waals surface area contributed by atoms with Crippen molar-refractivity contribution in [1.82, 2.24) is 5.32 Å². The van der Waals surface area contributed by atoms with E-state index in [4.69, 9.17) is 0 Å². The lowest BCUT2D eigenvalue weighted by molar-refractivity contribution is 0.488. The van der Waals surface area contributed by atoms with Gasteiger partial charge < -0.3 is 5.32 Å². The highest BCUT2D eigenvalue weighted by atomic mass is 19.1. The molecule has 1 fully saturated rings. The van der Waals surface area contributed by atoms with Crippen molar-refractivity contribution in [3.05, 3.63) is 71.5 Å². The summed E-state index contributed by atoms with van der Waals surface area (Å²) in [6.45, 7) is 3.16. The van der Waals surface area contributed by atoms with E-state index in [1.54, 1.807) is 12.1 Å². The Morgan fingerprint density at radius 1 is 1.10 bits per heavy atom. The van der Waals surface area contributed by atoms with E-state index >= 15 is 0 Å². The molecule has 1 saturated carbocycles. The molecule has 1 nitrogen and oxygen atoms in total. The van der Waals surface area contributed by atoms with Gasteiger partial charge in [0.05, 0.1) is 0 Å². The number of hydrogen-bond acceptors (Lipinski definition) is 1. The summed E-state index contributed by atoms with van der Waals surface area (Å²) in [7, 11) is 0. The largest absolute Gasteiger partial charge is 0.310 e. The minimum absolute atomic E-state index is 0.152. The van der Waals surface area contributed by atoms with Gasteiger partial charge in [-0.1, -0.05) is 42.5 Å². The van der Waals surface area contributed by atoms with Gasteiger partial charge in [-0.05, 0) is 48.4 Å². The number of halogens is 1. The van der Waals surface area contributed by atoms with Crippen molar-refractivity contribution < 1.29 is 4.39 Å². The molecule has 1 aliphatic rings. The summed E-state index contributed by atoms with van der Waals surface area (Å²) in [5, 5.41) is 3.60.